The number of carbonyl (C=O) groups is 2. The van der Waals surface area contributed by atoms with Gasteiger partial charge in [0.25, 0.3) is 5.91 Å². The zero-order valence-electron chi connectivity index (χ0n) is 13.4. The highest BCUT2D eigenvalue weighted by Gasteiger charge is 2.09. The van der Waals surface area contributed by atoms with Crippen molar-refractivity contribution in [2.75, 3.05) is 19.0 Å². The summed E-state index contributed by atoms with van der Waals surface area (Å²) in [6.07, 6.45) is 0. The molecule has 2 rings (SSSR count). The highest BCUT2D eigenvalue weighted by molar-refractivity contribution is 6.33. The smallest absolute Gasteiger partial charge is 0.335 e. The van der Waals surface area contributed by atoms with Crippen LogP contribution in [0.4, 0.5) is 5.69 Å². The first-order valence-electron chi connectivity index (χ1n) is 7.25. The molecule has 0 bridgehead atoms. The van der Waals surface area contributed by atoms with E-state index in [9.17, 15) is 9.59 Å². The highest BCUT2D eigenvalue weighted by atomic mass is 35.5. The minimum atomic E-state index is -1.03. The number of hydrogen-bond donors (Lipinski definition) is 3. The lowest BCUT2D eigenvalue weighted by atomic mass is 10.1. The topological polar surface area (TPSA) is 111 Å². The first kappa shape index (κ1) is 18.4. The van der Waals surface area contributed by atoms with Gasteiger partial charge in [0, 0.05) is 6.54 Å². The molecule has 0 saturated carbocycles. The Labute approximate surface area is 149 Å². The minimum absolute atomic E-state index is 0.139. The van der Waals surface area contributed by atoms with Crippen molar-refractivity contribution in [3.8, 4) is 11.5 Å². The summed E-state index contributed by atoms with van der Waals surface area (Å²) in [5.74, 6) is -0.764. The van der Waals surface area contributed by atoms with Crippen LogP contribution in [-0.2, 0) is 11.3 Å². The van der Waals surface area contributed by atoms with Gasteiger partial charge < -0.3 is 25.6 Å². The van der Waals surface area contributed by atoms with Gasteiger partial charge >= 0.3 is 5.97 Å². The molecule has 0 aliphatic carbocycles. The van der Waals surface area contributed by atoms with Crippen molar-refractivity contribution in [1.29, 1.82) is 0 Å². The van der Waals surface area contributed by atoms with Gasteiger partial charge in [0.15, 0.2) is 18.1 Å². The molecule has 2 aromatic carbocycles. The van der Waals surface area contributed by atoms with Gasteiger partial charge in [-0.2, -0.15) is 0 Å². The van der Waals surface area contributed by atoms with Gasteiger partial charge in [-0.1, -0.05) is 17.7 Å². The number of primary amides is 1. The van der Waals surface area contributed by atoms with Crippen LogP contribution in [0, 0.1) is 0 Å². The first-order chi connectivity index (χ1) is 11.9. The highest BCUT2D eigenvalue weighted by Crippen LogP contribution is 2.29. The monoisotopic (exact) mass is 364 g/mol. The van der Waals surface area contributed by atoms with Gasteiger partial charge in [-0.05, 0) is 35.9 Å². The molecular weight excluding hydrogens is 348 g/mol. The molecule has 0 aliphatic rings. The molecule has 0 unspecified atom stereocenters. The predicted molar refractivity (Wildman–Crippen MR) is 93.4 cm³/mol. The van der Waals surface area contributed by atoms with E-state index in [1.54, 1.807) is 18.2 Å². The van der Waals surface area contributed by atoms with Gasteiger partial charge in [0.1, 0.15) is 0 Å². The van der Waals surface area contributed by atoms with Gasteiger partial charge in [0.05, 0.1) is 23.4 Å². The van der Waals surface area contributed by atoms with Crippen LogP contribution in [-0.4, -0.2) is 30.7 Å². The number of ether oxygens (including phenoxy) is 2. The third-order valence-corrected chi connectivity index (χ3v) is 3.62. The quantitative estimate of drug-likeness (QED) is 0.663. The Kier molecular flexibility index (Phi) is 6.08. The van der Waals surface area contributed by atoms with Gasteiger partial charge in [-0.25, -0.2) is 4.79 Å². The largest absolute Gasteiger partial charge is 0.493 e. The van der Waals surface area contributed by atoms with E-state index in [2.05, 4.69) is 5.32 Å². The second kappa shape index (κ2) is 8.25. The normalized spacial score (nSPS) is 10.2. The fraction of sp³-hybridized carbons (Fsp3) is 0.176. The third kappa shape index (κ3) is 5.02. The Morgan fingerprint density at radius 2 is 1.96 bits per heavy atom. The molecule has 0 atom stereocenters. The number of anilines is 1. The van der Waals surface area contributed by atoms with Crippen molar-refractivity contribution in [3.05, 3.63) is 52.5 Å². The predicted octanol–water partition coefficient (Wildman–Crippen LogP) is 2.52. The number of nitrogens with one attached hydrogen (secondary N) is 1. The molecule has 0 fully saturated rings. The fourth-order valence-electron chi connectivity index (χ4n) is 2.08. The van der Waals surface area contributed by atoms with Gasteiger partial charge in [0.2, 0.25) is 0 Å². The van der Waals surface area contributed by atoms with Crippen LogP contribution in [0.3, 0.4) is 0 Å². The Bertz CT molecular complexity index is 795. The number of methoxy groups -OCH3 is 1. The summed E-state index contributed by atoms with van der Waals surface area (Å²) in [6.45, 7) is 0.140. The van der Waals surface area contributed by atoms with E-state index in [4.69, 9.17) is 31.9 Å². The van der Waals surface area contributed by atoms with Crippen LogP contribution in [0.5, 0.6) is 11.5 Å². The lowest BCUT2D eigenvalue weighted by Gasteiger charge is -2.13. The number of nitrogens with two attached hydrogens (primary N) is 1. The Morgan fingerprint density at radius 1 is 1.20 bits per heavy atom. The zero-order chi connectivity index (χ0) is 18.4. The molecule has 0 aromatic heterocycles. The van der Waals surface area contributed by atoms with E-state index >= 15 is 0 Å². The lowest BCUT2D eigenvalue weighted by Crippen LogP contribution is -2.20. The molecule has 0 saturated heterocycles. The van der Waals surface area contributed by atoms with E-state index < -0.39 is 11.9 Å². The number of rotatable bonds is 8. The number of halogens is 1. The van der Waals surface area contributed by atoms with E-state index in [1.807, 2.05) is 0 Å². The summed E-state index contributed by atoms with van der Waals surface area (Å²) in [6, 6.07) is 9.60. The molecule has 0 aliphatic heterocycles. The number of carboxylic acid groups (broad SMARTS) is 1. The van der Waals surface area contributed by atoms with Crippen LogP contribution in [0.25, 0.3) is 0 Å². The molecule has 132 valence electrons. The van der Waals surface area contributed by atoms with E-state index in [-0.39, 0.29) is 12.2 Å². The molecule has 4 N–H and O–H groups in total. The second-order valence-corrected chi connectivity index (χ2v) is 5.50. The molecule has 2 aromatic rings. The molecular formula is C17H17ClN2O5. The SMILES string of the molecule is COc1cc(CNc2cc(C(=O)O)ccc2Cl)ccc1OCC(N)=O. The van der Waals surface area contributed by atoms with Crippen LogP contribution in [0.15, 0.2) is 36.4 Å². The number of benzene rings is 2. The van der Waals surface area contributed by atoms with Crippen LogP contribution in [0.2, 0.25) is 5.02 Å². The van der Waals surface area contributed by atoms with Crippen molar-refractivity contribution < 1.29 is 24.2 Å². The van der Waals surface area contributed by atoms with E-state index in [0.29, 0.717) is 28.8 Å². The van der Waals surface area contributed by atoms with E-state index in [1.165, 1.54) is 25.3 Å². The van der Waals surface area contributed by atoms with Crippen molar-refractivity contribution >= 4 is 29.2 Å². The van der Waals surface area contributed by atoms with Crippen molar-refractivity contribution in [2.24, 2.45) is 5.73 Å². The minimum Gasteiger partial charge on any atom is -0.493 e. The zero-order valence-corrected chi connectivity index (χ0v) is 14.2. The molecule has 0 radical (unpaired) electrons. The Morgan fingerprint density at radius 3 is 2.60 bits per heavy atom. The second-order valence-electron chi connectivity index (χ2n) is 5.09. The summed E-state index contributed by atoms with van der Waals surface area (Å²) in [7, 11) is 1.48. The van der Waals surface area contributed by atoms with Crippen LogP contribution < -0.4 is 20.5 Å². The number of carboxylic acids is 1. The summed E-state index contributed by atoms with van der Waals surface area (Å²) in [5, 5.41) is 12.5. The van der Waals surface area contributed by atoms with Gasteiger partial charge in [-0.15, -0.1) is 0 Å². The standard InChI is InChI=1S/C17H17ClN2O5/c1-24-15-6-10(2-5-14(15)25-9-16(19)21)8-20-13-7-11(17(22)23)3-4-12(13)18/h2-7,20H,8-9H2,1H3,(H2,19,21)(H,22,23). The third-order valence-electron chi connectivity index (χ3n) is 3.29. The molecule has 0 spiro atoms. The van der Waals surface area contributed by atoms with E-state index in [0.717, 1.165) is 5.56 Å². The molecule has 1 amide bonds. The maximum absolute atomic E-state index is 11.0. The summed E-state index contributed by atoms with van der Waals surface area (Å²) >= 11 is 6.08. The Hall–Kier alpha value is -2.93. The van der Waals surface area contributed by atoms with Gasteiger partial charge in [-0.3, -0.25) is 4.79 Å². The van der Waals surface area contributed by atoms with Crippen molar-refractivity contribution in [1.82, 2.24) is 0 Å². The number of carbonyl (C=O) groups excluding carboxylic acids is 1. The number of amides is 1. The summed E-state index contributed by atoms with van der Waals surface area (Å²) in [4.78, 5) is 21.8. The summed E-state index contributed by atoms with van der Waals surface area (Å²) < 4.78 is 10.5. The fourth-order valence-corrected chi connectivity index (χ4v) is 2.27. The van der Waals surface area contributed by atoms with Crippen molar-refractivity contribution in [3.63, 3.8) is 0 Å². The Balaban J connectivity index is 2.12. The average Bonchev–Trinajstić information content (AvgIpc) is 2.59. The maximum atomic E-state index is 11.0. The van der Waals surface area contributed by atoms with Crippen LogP contribution >= 0.6 is 11.6 Å². The maximum Gasteiger partial charge on any atom is 0.335 e. The number of hydrogen-bond acceptors (Lipinski definition) is 5. The molecule has 8 heteroatoms. The van der Waals surface area contributed by atoms with Crippen LogP contribution in [0.1, 0.15) is 15.9 Å². The molecule has 25 heavy (non-hydrogen) atoms. The molecule has 0 heterocycles. The average molecular weight is 365 g/mol. The summed E-state index contributed by atoms with van der Waals surface area (Å²) in [5.41, 5.74) is 6.55. The first-order valence-corrected chi connectivity index (χ1v) is 7.63. The van der Waals surface area contributed by atoms with Crippen molar-refractivity contribution in [2.45, 2.75) is 6.54 Å². The molecule has 7 nitrogen and oxygen atoms in total. The number of aromatic carboxylic acids is 1. The lowest BCUT2D eigenvalue weighted by molar-refractivity contribution is -0.119.